The molecule has 2 rings (SSSR count). The number of halogens is 1. The first kappa shape index (κ1) is 15.1. The second-order valence-corrected chi connectivity index (χ2v) is 4.94. The third kappa shape index (κ3) is 4.33. The van der Waals surface area contributed by atoms with Crippen molar-refractivity contribution in [1.82, 2.24) is 0 Å². The van der Waals surface area contributed by atoms with Crippen molar-refractivity contribution >= 4 is 29.2 Å². The number of hydrogen-bond donors (Lipinski definition) is 2. The number of nitrogens with one attached hydrogen (secondary N) is 1. The lowest BCUT2D eigenvalue weighted by molar-refractivity contribution is -0.116. The van der Waals surface area contributed by atoms with Crippen molar-refractivity contribution in [3.05, 3.63) is 64.7 Å². The summed E-state index contributed by atoms with van der Waals surface area (Å²) >= 11 is 5.95. The van der Waals surface area contributed by atoms with Crippen LogP contribution in [0, 0.1) is 0 Å². The zero-order chi connectivity index (χ0) is 15.2. The van der Waals surface area contributed by atoms with Crippen molar-refractivity contribution in [2.75, 3.05) is 5.32 Å². The maximum atomic E-state index is 11.9. The number of carbonyl (C=O) groups is 2. The molecule has 5 heteroatoms. The van der Waals surface area contributed by atoms with Crippen molar-refractivity contribution in [2.24, 2.45) is 0 Å². The summed E-state index contributed by atoms with van der Waals surface area (Å²) in [5.74, 6) is -1.27. The van der Waals surface area contributed by atoms with Crippen molar-refractivity contribution < 1.29 is 14.7 Å². The molecule has 0 aromatic heterocycles. The zero-order valence-corrected chi connectivity index (χ0v) is 11.9. The Morgan fingerprint density at radius 3 is 2.48 bits per heavy atom. The number of carboxylic acids is 1. The highest BCUT2D eigenvalue weighted by atomic mass is 35.5. The zero-order valence-electron chi connectivity index (χ0n) is 11.2. The van der Waals surface area contributed by atoms with Gasteiger partial charge in [-0.05, 0) is 30.2 Å². The molecule has 0 heterocycles. The van der Waals surface area contributed by atoms with E-state index in [9.17, 15) is 9.59 Å². The first-order valence-corrected chi connectivity index (χ1v) is 6.80. The predicted octanol–water partition coefficient (Wildman–Crippen LogP) is 3.61. The van der Waals surface area contributed by atoms with Crippen LogP contribution in [0.1, 0.15) is 22.3 Å². The van der Waals surface area contributed by atoms with E-state index < -0.39 is 5.97 Å². The molecule has 0 saturated carbocycles. The van der Waals surface area contributed by atoms with E-state index in [1.54, 1.807) is 0 Å². The van der Waals surface area contributed by atoms with Gasteiger partial charge >= 0.3 is 5.97 Å². The van der Waals surface area contributed by atoms with E-state index in [1.165, 1.54) is 18.2 Å². The highest BCUT2D eigenvalue weighted by Crippen LogP contribution is 2.23. The monoisotopic (exact) mass is 303 g/mol. The van der Waals surface area contributed by atoms with Gasteiger partial charge in [0.05, 0.1) is 16.3 Å². The molecule has 2 aromatic rings. The fourth-order valence-electron chi connectivity index (χ4n) is 1.87. The number of carboxylic acid groups (broad SMARTS) is 1. The number of aryl methyl sites for hydroxylation is 1. The van der Waals surface area contributed by atoms with Crippen molar-refractivity contribution in [1.29, 1.82) is 0 Å². The smallest absolute Gasteiger partial charge is 0.335 e. The third-order valence-corrected chi connectivity index (χ3v) is 3.30. The molecule has 0 atom stereocenters. The summed E-state index contributed by atoms with van der Waals surface area (Å²) in [5, 5.41) is 11.9. The largest absolute Gasteiger partial charge is 0.478 e. The molecular weight excluding hydrogens is 290 g/mol. The fraction of sp³-hybridized carbons (Fsp3) is 0.125. The lowest BCUT2D eigenvalue weighted by Crippen LogP contribution is -2.13. The van der Waals surface area contributed by atoms with Crippen molar-refractivity contribution in [3.8, 4) is 0 Å². The molecule has 21 heavy (non-hydrogen) atoms. The normalized spacial score (nSPS) is 10.1. The van der Waals surface area contributed by atoms with E-state index in [0.29, 0.717) is 23.6 Å². The predicted molar refractivity (Wildman–Crippen MR) is 81.8 cm³/mol. The number of anilines is 1. The first-order chi connectivity index (χ1) is 10.1. The Labute approximate surface area is 127 Å². The van der Waals surface area contributed by atoms with Crippen LogP contribution in [-0.4, -0.2) is 17.0 Å². The van der Waals surface area contributed by atoms with Gasteiger partial charge in [-0.2, -0.15) is 0 Å². The van der Waals surface area contributed by atoms with Gasteiger partial charge < -0.3 is 10.4 Å². The van der Waals surface area contributed by atoms with E-state index in [2.05, 4.69) is 5.32 Å². The van der Waals surface area contributed by atoms with Crippen LogP contribution >= 0.6 is 11.6 Å². The summed E-state index contributed by atoms with van der Waals surface area (Å²) in [7, 11) is 0. The van der Waals surface area contributed by atoms with Gasteiger partial charge in [0.2, 0.25) is 5.91 Å². The number of carbonyl (C=O) groups excluding carboxylic acids is 1. The Morgan fingerprint density at radius 2 is 1.81 bits per heavy atom. The van der Waals surface area contributed by atoms with Gasteiger partial charge in [0.15, 0.2) is 0 Å². The first-order valence-electron chi connectivity index (χ1n) is 6.43. The standard InChI is InChI=1S/C16H14ClNO3/c17-13-8-7-12(16(20)21)10-14(13)18-15(19)9-6-11-4-2-1-3-5-11/h1-5,7-8,10H,6,9H2,(H,18,19)(H,20,21). The van der Waals surface area contributed by atoms with Crippen molar-refractivity contribution in [2.45, 2.75) is 12.8 Å². The topological polar surface area (TPSA) is 66.4 Å². The van der Waals surface area contributed by atoms with Crippen LogP contribution in [0.15, 0.2) is 48.5 Å². The van der Waals surface area contributed by atoms with Crippen molar-refractivity contribution in [3.63, 3.8) is 0 Å². The lowest BCUT2D eigenvalue weighted by Gasteiger charge is -2.08. The minimum absolute atomic E-state index is 0.0813. The highest BCUT2D eigenvalue weighted by Gasteiger charge is 2.10. The Kier molecular flexibility index (Phi) is 4.95. The molecule has 0 fully saturated rings. The van der Waals surface area contributed by atoms with E-state index in [4.69, 9.17) is 16.7 Å². The Morgan fingerprint density at radius 1 is 1.10 bits per heavy atom. The highest BCUT2D eigenvalue weighted by molar-refractivity contribution is 6.33. The summed E-state index contributed by atoms with van der Waals surface area (Å²) in [6.07, 6.45) is 0.917. The summed E-state index contributed by atoms with van der Waals surface area (Å²) in [4.78, 5) is 22.8. The summed E-state index contributed by atoms with van der Waals surface area (Å²) in [5.41, 5.74) is 1.46. The van der Waals surface area contributed by atoms with Gasteiger partial charge in [-0.3, -0.25) is 4.79 Å². The van der Waals surface area contributed by atoms with Crippen LogP contribution in [0.3, 0.4) is 0 Å². The number of rotatable bonds is 5. The van der Waals surface area contributed by atoms with Gasteiger partial charge in [-0.1, -0.05) is 41.9 Å². The van der Waals surface area contributed by atoms with Crippen LogP contribution in [0.5, 0.6) is 0 Å². The fourth-order valence-corrected chi connectivity index (χ4v) is 2.03. The van der Waals surface area contributed by atoms with Crippen LogP contribution < -0.4 is 5.32 Å². The average molecular weight is 304 g/mol. The van der Waals surface area contributed by atoms with Gasteiger partial charge in [0.25, 0.3) is 0 Å². The molecule has 0 aliphatic carbocycles. The minimum Gasteiger partial charge on any atom is -0.478 e. The Bertz CT molecular complexity index is 656. The second kappa shape index (κ2) is 6.90. The molecule has 2 aromatic carbocycles. The molecule has 0 radical (unpaired) electrons. The number of benzene rings is 2. The lowest BCUT2D eigenvalue weighted by atomic mass is 10.1. The maximum absolute atomic E-state index is 11.9. The Balaban J connectivity index is 1.99. The summed E-state index contributed by atoms with van der Waals surface area (Å²) < 4.78 is 0. The second-order valence-electron chi connectivity index (χ2n) is 4.53. The average Bonchev–Trinajstić information content (AvgIpc) is 2.48. The van der Waals surface area contributed by atoms with E-state index in [-0.39, 0.29) is 11.5 Å². The van der Waals surface area contributed by atoms with Gasteiger partial charge in [-0.15, -0.1) is 0 Å². The number of amides is 1. The maximum Gasteiger partial charge on any atom is 0.335 e. The molecule has 1 amide bonds. The third-order valence-electron chi connectivity index (χ3n) is 2.97. The molecular formula is C16H14ClNO3. The molecule has 0 unspecified atom stereocenters. The quantitative estimate of drug-likeness (QED) is 0.886. The summed E-state index contributed by atoms with van der Waals surface area (Å²) in [6, 6.07) is 13.9. The molecule has 4 nitrogen and oxygen atoms in total. The van der Waals surface area contributed by atoms with Gasteiger partial charge in [0.1, 0.15) is 0 Å². The SMILES string of the molecule is O=C(CCc1ccccc1)Nc1cc(C(=O)O)ccc1Cl. The molecule has 0 saturated heterocycles. The van der Waals surface area contributed by atoms with E-state index in [0.717, 1.165) is 5.56 Å². The van der Waals surface area contributed by atoms with Crippen LogP contribution in [-0.2, 0) is 11.2 Å². The molecule has 0 spiro atoms. The Hall–Kier alpha value is -2.33. The molecule has 0 aliphatic heterocycles. The van der Waals surface area contributed by atoms with E-state index >= 15 is 0 Å². The molecule has 0 aliphatic rings. The van der Waals surface area contributed by atoms with Crippen LogP contribution in [0.2, 0.25) is 5.02 Å². The number of hydrogen-bond acceptors (Lipinski definition) is 2. The molecule has 0 bridgehead atoms. The van der Waals surface area contributed by atoms with E-state index in [1.807, 2.05) is 30.3 Å². The minimum atomic E-state index is -1.06. The molecule has 108 valence electrons. The van der Waals surface area contributed by atoms with Gasteiger partial charge in [0, 0.05) is 6.42 Å². The van der Waals surface area contributed by atoms with Gasteiger partial charge in [-0.25, -0.2) is 4.79 Å². The van der Waals surface area contributed by atoms with Crippen LogP contribution in [0.4, 0.5) is 5.69 Å². The summed E-state index contributed by atoms with van der Waals surface area (Å²) in [6.45, 7) is 0. The van der Waals surface area contributed by atoms with Crippen LogP contribution in [0.25, 0.3) is 0 Å². The molecule has 2 N–H and O–H groups in total. The number of aromatic carboxylic acids is 1.